The largest absolute Gasteiger partial charge is 0.370 e. The molecule has 0 atom stereocenters. The molecule has 3 nitrogen and oxygen atoms in total. The fourth-order valence-corrected chi connectivity index (χ4v) is 3.49. The van der Waals surface area contributed by atoms with Gasteiger partial charge in [0.2, 0.25) is 0 Å². The van der Waals surface area contributed by atoms with Gasteiger partial charge in [-0.3, -0.25) is 0 Å². The van der Waals surface area contributed by atoms with Gasteiger partial charge in [0.25, 0.3) is 0 Å². The summed E-state index contributed by atoms with van der Waals surface area (Å²) in [5.74, 6) is 0.915. The first-order chi connectivity index (χ1) is 12.2. The Kier molecular flexibility index (Phi) is 4.26. The van der Waals surface area contributed by atoms with Crippen LogP contribution in [0.4, 0.5) is 10.2 Å². The van der Waals surface area contributed by atoms with Crippen LogP contribution in [0.15, 0.2) is 48.5 Å². The van der Waals surface area contributed by atoms with E-state index in [0.29, 0.717) is 0 Å². The molecule has 128 valence electrons. The number of anilines is 1. The summed E-state index contributed by atoms with van der Waals surface area (Å²) in [7, 11) is 0. The molecule has 25 heavy (non-hydrogen) atoms. The SMILES string of the molecule is Cc1ccccc1-n1nc(Cc2ccc(F)cc2)c2c1NCCCC2. The lowest BCUT2D eigenvalue weighted by Gasteiger charge is -2.11. The molecule has 2 heterocycles. The van der Waals surface area contributed by atoms with Crippen LogP contribution in [0, 0.1) is 12.7 Å². The van der Waals surface area contributed by atoms with Crippen LogP contribution < -0.4 is 5.32 Å². The predicted octanol–water partition coefficient (Wildman–Crippen LogP) is 4.66. The fraction of sp³-hybridized carbons (Fsp3) is 0.286. The van der Waals surface area contributed by atoms with E-state index < -0.39 is 0 Å². The number of rotatable bonds is 3. The monoisotopic (exact) mass is 335 g/mol. The molecule has 0 bridgehead atoms. The number of para-hydroxylation sites is 1. The smallest absolute Gasteiger partial charge is 0.133 e. The first kappa shape index (κ1) is 15.9. The van der Waals surface area contributed by atoms with Gasteiger partial charge in [0.1, 0.15) is 11.6 Å². The van der Waals surface area contributed by atoms with Gasteiger partial charge in [-0.1, -0.05) is 30.3 Å². The van der Waals surface area contributed by atoms with Crippen molar-refractivity contribution in [1.29, 1.82) is 0 Å². The molecule has 0 spiro atoms. The third kappa shape index (κ3) is 3.16. The first-order valence-electron chi connectivity index (χ1n) is 8.87. The highest BCUT2D eigenvalue weighted by atomic mass is 19.1. The minimum atomic E-state index is -0.199. The van der Waals surface area contributed by atoms with Crippen LogP contribution in [-0.2, 0) is 12.8 Å². The summed E-state index contributed by atoms with van der Waals surface area (Å²) in [5, 5.41) is 8.52. The van der Waals surface area contributed by atoms with Crippen molar-refractivity contribution in [3.8, 4) is 5.69 Å². The van der Waals surface area contributed by atoms with Gasteiger partial charge in [0, 0.05) is 18.5 Å². The number of benzene rings is 2. The molecule has 1 aliphatic heterocycles. The molecule has 1 aromatic heterocycles. The Balaban J connectivity index is 1.79. The molecule has 2 aromatic carbocycles. The normalized spacial score (nSPS) is 13.8. The van der Waals surface area contributed by atoms with Crippen LogP contribution in [0.25, 0.3) is 5.69 Å². The van der Waals surface area contributed by atoms with Crippen LogP contribution in [0.2, 0.25) is 0 Å². The highest BCUT2D eigenvalue weighted by Gasteiger charge is 2.21. The summed E-state index contributed by atoms with van der Waals surface area (Å²) in [6.45, 7) is 3.08. The summed E-state index contributed by atoms with van der Waals surface area (Å²) in [4.78, 5) is 0. The minimum absolute atomic E-state index is 0.199. The van der Waals surface area contributed by atoms with E-state index in [1.54, 1.807) is 0 Å². The number of fused-ring (bicyclic) bond motifs is 1. The molecule has 4 rings (SSSR count). The molecule has 0 fully saturated rings. The Labute approximate surface area is 147 Å². The number of nitrogens with zero attached hydrogens (tertiary/aromatic N) is 2. The molecule has 1 N–H and O–H groups in total. The number of hydrogen-bond acceptors (Lipinski definition) is 2. The van der Waals surface area contributed by atoms with E-state index in [1.807, 2.05) is 24.3 Å². The van der Waals surface area contributed by atoms with E-state index in [2.05, 4.69) is 29.1 Å². The number of nitrogens with one attached hydrogen (secondary N) is 1. The number of halogens is 1. The third-order valence-electron chi connectivity index (χ3n) is 4.84. The Hall–Kier alpha value is -2.62. The van der Waals surface area contributed by atoms with Crippen molar-refractivity contribution in [3.63, 3.8) is 0 Å². The van der Waals surface area contributed by atoms with Crippen molar-refractivity contribution < 1.29 is 4.39 Å². The standard InChI is InChI=1S/C21H22FN3/c1-15-6-2-3-8-20(15)25-21-18(7-4-5-13-23-21)19(24-25)14-16-9-11-17(22)12-10-16/h2-3,6,8-12,23H,4-5,7,13-14H2,1H3. The maximum Gasteiger partial charge on any atom is 0.133 e. The van der Waals surface area contributed by atoms with Crippen molar-refractivity contribution >= 4 is 5.82 Å². The van der Waals surface area contributed by atoms with Crippen molar-refractivity contribution in [2.45, 2.75) is 32.6 Å². The van der Waals surface area contributed by atoms with Crippen LogP contribution in [0.5, 0.6) is 0 Å². The quantitative estimate of drug-likeness (QED) is 0.754. The van der Waals surface area contributed by atoms with E-state index in [-0.39, 0.29) is 5.82 Å². The zero-order valence-electron chi connectivity index (χ0n) is 14.4. The zero-order valence-corrected chi connectivity index (χ0v) is 14.4. The molecule has 0 radical (unpaired) electrons. The van der Waals surface area contributed by atoms with Crippen LogP contribution in [-0.4, -0.2) is 16.3 Å². The first-order valence-corrected chi connectivity index (χ1v) is 8.87. The highest BCUT2D eigenvalue weighted by Crippen LogP contribution is 2.30. The summed E-state index contributed by atoms with van der Waals surface area (Å²) in [6.07, 6.45) is 4.09. The number of hydrogen-bond donors (Lipinski definition) is 1. The molecular weight excluding hydrogens is 313 g/mol. The number of aromatic nitrogens is 2. The minimum Gasteiger partial charge on any atom is -0.370 e. The van der Waals surface area contributed by atoms with Gasteiger partial charge in [-0.05, 0) is 55.5 Å². The summed E-state index contributed by atoms with van der Waals surface area (Å²) in [6, 6.07) is 15.0. The lowest BCUT2D eigenvalue weighted by Crippen LogP contribution is -2.08. The van der Waals surface area contributed by atoms with Crippen molar-refractivity contribution in [2.75, 3.05) is 11.9 Å². The van der Waals surface area contributed by atoms with Gasteiger partial charge in [0.15, 0.2) is 0 Å². The average Bonchev–Trinajstić information content (AvgIpc) is 2.80. The molecule has 3 aromatic rings. The van der Waals surface area contributed by atoms with Crippen LogP contribution in [0.3, 0.4) is 0 Å². The highest BCUT2D eigenvalue weighted by molar-refractivity contribution is 5.56. The molecule has 4 heteroatoms. The Morgan fingerprint density at radius 2 is 1.88 bits per heavy atom. The van der Waals surface area contributed by atoms with Crippen LogP contribution >= 0.6 is 0 Å². The second-order valence-electron chi connectivity index (χ2n) is 6.66. The van der Waals surface area contributed by atoms with E-state index in [0.717, 1.165) is 48.6 Å². The summed E-state index contributed by atoms with van der Waals surface area (Å²) >= 11 is 0. The second kappa shape index (κ2) is 6.71. The van der Waals surface area contributed by atoms with Gasteiger partial charge in [-0.25, -0.2) is 9.07 Å². The van der Waals surface area contributed by atoms with Gasteiger partial charge >= 0.3 is 0 Å². The van der Waals surface area contributed by atoms with Crippen molar-refractivity contribution in [1.82, 2.24) is 9.78 Å². The van der Waals surface area contributed by atoms with Crippen molar-refractivity contribution in [2.24, 2.45) is 0 Å². The molecule has 0 aliphatic carbocycles. The fourth-order valence-electron chi connectivity index (χ4n) is 3.49. The Morgan fingerprint density at radius 1 is 1.08 bits per heavy atom. The van der Waals surface area contributed by atoms with Gasteiger partial charge in [0.05, 0.1) is 11.4 Å². The third-order valence-corrected chi connectivity index (χ3v) is 4.84. The van der Waals surface area contributed by atoms with E-state index in [1.165, 1.54) is 29.7 Å². The molecular formula is C21H22FN3. The Bertz CT molecular complexity index is 881. The van der Waals surface area contributed by atoms with E-state index in [4.69, 9.17) is 5.10 Å². The zero-order chi connectivity index (χ0) is 17.2. The van der Waals surface area contributed by atoms with E-state index in [9.17, 15) is 4.39 Å². The molecule has 0 unspecified atom stereocenters. The lowest BCUT2D eigenvalue weighted by molar-refractivity contribution is 0.627. The van der Waals surface area contributed by atoms with Gasteiger partial charge in [-0.15, -0.1) is 0 Å². The van der Waals surface area contributed by atoms with E-state index >= 15 is 0 Å². The topological polar surface area (TPSA) is 29.9 Å². The Morgan fingerprint density at radius 3 is 2.68 bits per heavy atom. The molecule has 0 saturated heterocycles. The lowest BCUT2D eigenvalue weighted by atomic mass is 10.0. The summed E-state index contributed by atoms with van der Waals surface area (Å²) in [5.41, 5.74) is 5.78. The maximum atomic E-state index is 13.2. The van der Waals surface area contributed by atoms with Gasteiger partial charge in [-0.2, -0.15) is 5.10 Å². The van der Waals surface area contributed by atoms with Crippen LogP contribution in [0.1, 0.15) is 35.2 Å². The van der Waals surface area contributed by atoms with Gasteiger partial charge < -0.3 is 5.32 Å². The average molecular weight is 335 g/mol. The number of aryl methyl sites for hydroxylation is 1. The molecule has 1 aliphatic rings. The maximum absolute atomic E-state index is 13.2. The summed E-state index contributed by atoms with van der Waals surface area (Å²) < 4.78 is 15.2. The van der Waals surface area contributed by atoms with Crippen molar-refractivity contribution in [3.05, 3.63) is 76.7 Å². The predicted molar refractivity (Wildman–Crippen MR) is 98.9 cm³/mol. The second-order valence-corrected chi connectivity index (χ2v) is 6.66. The molecule has 0 amide bonds. The molecule has 0 saturated carbocycles.